The summed E-state index contributed by atoms with van der Waals surface area (Å²) in [6, 6.07) is -1.01. The number of alkyl halides is 2. The summed E-state index contributed by atoms with van der Waals surface area (Å²) in [5.41, 5.74) is 3.82. The van der Waals surface area contributed by atoms with Gasteiger partial charge in [-0.2, -0.15) is 0 Å². The number of amides is 3. The van der Waals surface area contributed by atoms with Crippen LogP contribution in [0.1, 0.15) is 27.2 Å². The van der Waals surface area contributed by atoms with E-state index in [4.69, 9.17) is 33.7 Å². The number of nitrogens with two attached hydrogens (primary N) is 1. The van der Waals surface area contributed by atoms with Crippen LogP contribution in [0.2, 0.25) is 0 Å². The standard InChI is InChI=1S/C11H16Cl2N2O4/c1-5(2)6(7(16)15-9(14)18)19-8(17)10(3)4-11(10,12)13/h5-6H,4H2,1-3H3,(H3,14,15,16,18)/t6-,10+/m0/s1. The van der Waals surface area contributed by atoms with Crippen LogP contribution in [-0.4, -0.2) is 28.3 Å². The van der Waals surface area contributed by atoms with Crippen molar-refractivity contribution in [3.63, 3.8) is 0 Å². The molecular weight excluding hydrogens is 295 g/mol. The average Bonchev–Trinajstić information content (AvgIpc) is 2.73. The first-order valence-electron chi connectivity index (χ1n) is 5.70. The second kappa shape index (κ2) is 5.17. The van der Waals surface area contributed by atoms with Gasteiger partial charge in [0.25, 0.3) is 5.91 Å². The van der Waals surface area contributed by atoms with E-state index >= 15 is 0 Å². The highest BCUT2D eigenvalue weighted by Crippen LogP contribution is 2.64. The molecule has 3 amide bonds. The van der Waals surface area contributed by atoms with Gasteiger partial charge in [-0.25, -0.2) is 4.79 Å². The maximum atomic E-state index is 12.0. The number of carbonyl (C=O) groups excluding carboxylic acids is 3. The van der Waals surface area contributed by atoms with E-state index in [1.165, 1.54) is 0 Å². The molecule has 0 unspecified atom stereocenters. The van der Waals surface area contributed by atoms with Gasteiger partial charge in [0.2, 0.25) is 0 Å². The fourth-order valence-corrected chi connectivity index (χ4v) is 2.24. The van der Waals surface area contributed by atoms with Gasteiger partial charge in [-0.05, 0) is 12.8 Å². The van der Waals surface area contributed by atoms with Crippen LogP contribution in [0.3, 0.4) is 0 Å². The molecule has 0 aromatic carbocycles. The molecule has 1 aliphatic rings. The first-order chi connectivity index (χ1) is 8.51. The monoisotopic (exact) mass is 310 g/mol. The van der Waals surface area contributed by atoms with Gasteiger partial charge < -0.3 is 10.5 Å². The van der Waals surface area contributed by atoms with Crippen LogP contribution in [0.15, 0.2) is 0 Å². The third kappa shape index (κ3) is 3.30. The first kappa shape index (κ1) is 16.0. The third-order valence-corrected chi connectivity index (χ3v) is 4.15. The molecule has 6 nitrogen and oxygen atoms in total. The number of imide groups is 1. The zero-order valence-corrected chi connectivity index (χ0v) is 12.3. The van der Waals surface area contributed by atoms with Crippen molar-refractivity contribution in [3.05, 3.63) is 0 Å². The Kier molecular flexibility index (Phi) is 4.37. The molecule has 1 rings (SSSR count). The zero-order valence-electron chi connectivity index (χ0n) is 10.8. The number of hydrogen-bond acceptors (Lipinski definition) is 4. The molecule has 2 atom stereocenters. The van der Waals surface area contributed by atoms with Gasteiger partial charge in [-0.3, -0.25) is 14.9 Å². The molecule has 0 heterocycles. The topological polar surface area (TPSA) is 98.5 Å². The van der Waals surface area contributed by atoms with Crippen molar-refractivity contribution in [3.8, 4) is 0 Å². The largest absolute Gasteiger partial charge is 0.451 e. The van der Waals surface area contributed by atoms with E-state index in [9.17, 15) is 14.4 Å². The summed E-state index contributed by atoms with van der Waals surface area (Å²) < 4.78 is 3.93. The highest BCUT2D eigenvalue weighted by Gasteiger charge is 2.69. The molecule has 19 heavy (non-hydrogen) atoms. The van der Waals surface area contributed by atoms with E-state index in [-0.39, 0.29) is 12.3 Å². The summed E-state index contributed by atoms with van der Waals surface area (Å²) in [5, 5.41) is 1.88. The minimum absolute atomic E-state index is 0.254. The molecule has 108 valence electrons. The maximum absolute atomic E-state index is 12.0. The molecule has 1 saturated carbocycles. The number of esters is 1. The molecule has 0 aromatic heterocycles. The number of halogens is 2. The van der Waals surface area contributed by atoms with Crippen molar-refractivity contribution in [1.29, 1.82) is 0 Å². The normalized spacial score (nSPS) is 25.6. The summed E-state index contributed by atoms with van der Waals surface area (Å²) in [7, 11) is 0. The molecule has 0 saturated heterocycles. The number of rotatable bonds is 4. The maximum Gasteiger partial charge on any atom is 0.318 e. The van der Waals surface area contributed by atoms with E-state index < -0.39 is 33.8 Å². The van der Waals surface area contributed by atoms with Crippen LogP contribution >= 0.6 is 23.2 Å². The molecule has 8 heteroatoms. The quantitative estimate of drug-likeness (QED) is 0.604. The lowest BCUT2D eigenvalue weighted by molar-refractivity contribution is -0.163. The molecule has 1 aliphatic carbocycles. The Morgan fingerprint density at radius 1 is 1.32 bits per heavy atom. The summed E-state index contributed by atoms with van der Waals surface area (Å²) in [4.78, 5) is 34.3. The Labute approximate surface area is 120 Å². The van der Waals surface area contributed by atoms with Crippen LogP contribution in [0.25, 0.3) is 0 Å². The first-order valence-corrected chi connectivity index (χ1v) is 6.46. The number of hydrogen-bond donors (Lipinski definition) is 2. The molecule has 1 fully saturated rings. The smallest absolute Gasteiger partial charge is 0.318 e. The van der Waals surface area contributed by atoms with Crippen molar-refractivity contribution in [1.82, 2.24) is 5.32 Å². The lowest BCUT2D eigenvalue weighted by atomic mass is 10.1. The lowest BCUT2D eigenvalue weighted by Crippen LogP contribution is -2.46. The minimum Gasteiger partial charge on any atom is -0.451 e. The Morgan fingerprint density at radius 2 is 1.79 bits per heavy atom. The third-order valence-electron chi connectivity index (χ3n) is 3.05. The number of ether oxygens (including phenoxy) is 1. The van der Waals surface area contributed by atoms with Gasteiger partial charge in [0.15, 0.2) is 6.10 Å². The van der Waals surface area contributed by atoms with Crippen LogP contribution in [0, 0.1) is 11.3 Å². The van der Waals surface area contributed by atoms with Gasteiger partial charge in [0, 0.05) is 6.42 Å². The van der Waals surface area contributed by atoms with Crippen molar-refractivity contribution in [2.75, 3.05) is 0 Å². The van der Waals surface area contributed by atoms with Crippen molar-refractivity contribution < 1.29 is 19.1 Å². The van der Waals surface area contributed by atoms with Crippen molar-refractivity contribution in [2.45, 2.75) is 37.6 Å². The van der Waals surface area contributed by atoms with Gasteiger partial charge in [0.1, 0.15) is 9.75 Å². The molecular formula is C11H16Cl2N2O4. The minimum atomic E-state index is -1.17. The Balaban J connectivity index is 2.73. The highest BCUT2D eigenvalue weighted by atomic mass is 35.5. The summed E-state index contributed by atoms with van der Waals surface area (Å²) in [6.45, 7) is 4.89. The van der Waals surface area contributed by atoms with Crippen LogP contribution in [-0.2, 0) is 14.3 Å². The lowest BCUT2D eigenvalue weighted by Gasteiger charge is -2.22. The second-order valence-corrected chi connectivity index (χ2v) is 6.62. The number of urea groups is 1. The van der Waals surface area contributed by atoms with E-state index in [1.807, 2.05) is 5.32 Å². The van der Waals surface area contributed by atoms with Crippen LogP contribution in [0.5, 0.6) is 0 Å². The number of nitrogens with one attached hydrogen (secondary N) is 1. The summed E-state index contributed by atoms with van der Waals surface area (Å²) in [5.74, 6) is -1.77. The Morgan fingerprint density at radius 3 is 2.11 bits per heavy atom. The highest BCUT2D eigenvalue weighted by molar-refractivity contribution is 6.53. The molecule has 0 spiro atoms. The SMILES string of the molecule is CC(C)[C@H](OC(=O)[C@@]1(C)CC1(Cl)Cl)C(=O)NC(N)=O. The van der Waals surface area contributed by atoms with Gasteiger partial charge in [0.05, 0.1) is 0 Å². The predicted octanol–water partition coefficient (Wildman–Crippen LogP) is 1.33. The van der Waals surface area contributed by atoms with E-state index in [1.54, 1.807) is 20.8 Å². The van der Waals surface area contributed by atoms with E-state index in [0.29, 0.717) is 0 Å². The Hall–Kier alpha value is -1.01. The second-order valence-electron chi connectivity index (χ2n) is 5.14. The average molecular weight is 311 g/mol. The van der Waals surface area contributed by atoms with Crippen molar-refractivity contribution >= 4 is 41.1 Å². The number of primary amides is 1. The fourth-order valence-electron chi connectivity index (χ4n) is 1.55. The van der Waals surface area contributed by atoms with Crippen molar-refractivity contribution in [2.24, 2.45) is 17.1 Å². The molecule has 0 aliphatic heterocycles. The molecule has 3 N–H and O–H groups in total. The number of carbonyl (C=O) groups is 3. The molecule has 0 radical (unpaired) electrons. The summed E-state index contributed by atoms with van der Waals surface area (Å²) >= 11 is 11.7. The van der Waals surface area contributed by atoms with E-state index in [2.05, 4.69) is 0 Å². The van der Waals surface area contributed by atoms with Gasteiger partial charge in [-0.15, -0.1) is 23.2 Å². The molecule has 0 aromatic rings. The van der Waals surface area contributed by atoms with Gasteiger partial charge in [-0.1, -0.05) is 13.8 Å². The van der Waals surface area contributed by atoms with Crippen LogP contribution < -0.4 is 11.1 Å². The van der Waals surface area contributed by atoms with Crippen LogP contribution in [0.4, 0.5) is 4.79 Å². The van der Waals surface area contributed by atoms with E-state index in [0.717, 1.165) is 0 Å². The zero-order chi connectivity index (χ0) is 15.0. The predicted molar refractivity (Wildman–Crippen MR) is 69.6 cm³/mol. The molecule has 0 bridgehead atoms. The fraction of sp³-hybridized carbons (Fsp3) is 0.727. The van der Waals surface area contributed by atoms with Gasteiger partial charge >= 0.3 is 12.0 Å². The summed E-state index contributed by atoms with van der Waals surface area (Å²) in [6.07, 6.45) is -0.869. The Bertz CT molecular complexity index is 425.